The number of nitrogens with one attached hydrogen (secondary N) is 2. The summed E-state index contributed by atoms with van der Waals surface area (Å²) >= 11 is 0. The number of guanidine groups is 1. The average Bonchev–Trinajstić information content (AvgIpc) is 2.60. The number of benzene rings is 2. The molecule has 27 heavy (non-hydrogen) atoms. The SMILES string of the molecule is N=C(N)Nc1cccc(C(CP(=O)(O)C/C=C/c2ccccc2)C(=O)O)c1. The molecule has 0 heterocycles. The highest BCUT2D eigenvalue weighted by atomic mass is 31.2. The minimum atomic E-state index is -3.70. The predicted octanol–water partition coefficient (Wildman–Crippen LogP) is 3.14. The Hall–Kier alpha value is -2.89. The highest BCUT2D eigenvalue weighted by Crippen LogP contribution is 2.45. The molecule has 2 unspecified atom stereocenters. The molecule has 0 aliphatic heterocycles. The van der Waals surface area contributed by atoms with Crippen LogP contribution >= 0.6 is 7.37 Å². The molecule has 7 nitrogen and oxygen atoms in total. The lowest BCUT2D eigenvalue weighted by molar-refractivity contribution is -0.138. The first-order chi connectivity index (χ1) is 12.8. The first-order valence-electron chi connectivity index (χ1n) is 8.23. The second kappa shape index (κ2) is 9.16. The summed E-state index contributed by atoms with van der Waals surface area (Å²) < 4.78 is 12.5. The maximum atomic E-state index is 12.5. The molecule has 0 aliphatic carbocycles. The average molecular weight is 387 g/mol. The van der Waals surface area contributed by atoms with Gasteiger partial charge in [0.15, 0.2) is 5.96 Å². The van der Waals surface area contributed by atoms with Crippen LogP contribution in [0, 0.1) is 5.41 Å². The third kappa shape index (κ3) is 6.73. The Balaban J connectivity index is 2.12. The van der Waals surface area contributed by atoms with Crippen LogP contribution in [0.15, 0.2) is 60.7 Å². The Kier molecular flexibility index (Phi) is 6.93. The third-order valence-corrected chi connectivity index (χ3v) is 5.55. The van der Waals surface area contributed by atoms with Gasteiger partial charge in [0.1, 0.15) is 0 Å². The number of hydrogen-bond donors (Lipinski definition) is 5. The molecule has 2 rings (SSSR count). The van der Waals surface area contributed by atoms with Gasteiger partial charge in [0.05, 0.1) is 5.92 Å². The summed E-state index contributed by atoms with van der Waals surface area (Å²) in [6.45, 7) is 0. The van der Waals surface area contributed by atoms with E-state index in [9.17, 15) is 19.4 Å². The van der Waals surface area contributed by atoms with Gasteiger partial charge in [-0.1, -0.05) is 54.6 Å². The highest BCUT2D eigenvalue weighted by molar-refractivity contribution is 7.58. The summed E-state index contributed by atoms with van der Waals surface area (Å²) in [6.07, 6.45) is 2.82. The van der Waals surface area contributed by atoms with E-state index in [1.54, 1.807) is 30.4 Å². The fourth-order valence-electron chi connectivity index (χ4n) is 2.59. The number of nitrogens with two attached hydrogens (primary N) is 1. The van der Waals surface area contributed by atoms with Crippen molar-refractivity contribution in [2.75, 3.05) is 17.6 Å². The van der Waals surface area contributed by atoms with Gasteiger partial charge in [0.25, 0.3) is 0 Å². The molecule has 0 amide bonds. The Morgan fingerprint density at radius 2 is 1.93 bits per heavy atom. The maximum Gasteiger partial charge on any atom is 0.311 e. The first kappa shape index (κ1) is 20.4. The molecule has 6 N–H and O–H groups in total. The van der Waals surface area contributed by atoms with Gasteiger partial charge in [-0.2, -0.15) is 0 Å². The van der Waals surface area contributed by atoms with E-state index in [4.69, 9.17) is 11.1 Å². The van der Waals surface area contributed by atoms with E-state index in [0.29, 0.717) is 11.3 Å². The van der Waals surface area contributed by atoms with E-state index in [2.05, 4.69) is 5.32 Å². The summed E-state index contributed by atoms with van der Waals surface area (Å²) in [6, 6.07) is 15.7. The normalized spacial score (nSPS) is 14.4. The lowest BCUT2D eigenvalue weighted by atomic mass is 10.0. The zero-order chi connectivity index (χ0) is 19.9. The van der Waals surface area contributed by atoms with Gasteiger partial charge in [-0.05, 0) is 23.3 Å². The standard InChI is InChI=1S/C19H22N3O4P/c20-19(21)22-16-10-4-9-15(12-16)17(18(23)24)13-27(25,26)11-5-8-14-6-2-1-3-7-14/h1-10,12,17H,11,13H2,(H,23,24)(H,25,26)(H4,20,21,22)/b8-5+. The van der Waals surface area contributed by atoms with E-state index in [1.807, 2.05) is 30.3 Å². The first-order valence-corrected chi connectivity index (χ1v) is 10.3. The van der Waals surface area contributed by atoms with Crippen molar-refractivity contribution in [1.82, 2.24) is 0 Å². The molecule has 2 aromatic rings. The van der Waals surface area contributed by atoms with Crippen LogP contribution in [0.3, 0.4) is 0 Å². The second-order valence-corrected chi connectivity index (χ2v) is 8.50. The minimum Gasteiger partial charge on any atom is -0.481 e. The molecule has 0 bridgehead atoms. The molecule has 142 valence electrons. The fourth-order valence-corrected chi connectivity index (χ4v) is 4.11. The largest absolute Gasteiger partial charge is 0.481 e. The molecular formula is C19H22N3O4P. The number of carbonyl (C=O) groups is 1. The number of rotatable bonds is 8. The number of hydrogen-bond acceptors (Lipinski definition) is 3. The van der Waals surface area contributed by atoms with Crippen molar-refractivity contribution in [3.05, 3.63) is 71.8 Å². The minimum absolute atomic E-state index is 0.114. The van der Waals surface area contributed by atoms with Crippen molar-refractivity contribution < 1.29 is 19.4 Å². The van der Waals surface area contributed by atoms with Crippen LogP contribution in [-0.2, 0) is 9.36 Å². The number of allylic oxidation sites excluding steroid dienone is 1. The van der Waals surface area contributed by atoms with E-state index >= 15 is 0 Å². The van der Waals surface area contributed by atoms with Crippen molar-refractivity contribution in [1.29, 1.82) is 5.41 Å². The summed E-state index contributed by atoms with van der Waals surface area (Å²) in [5, 5.41) is 19.4. The van der Waals surface area contributed by atoms with E-state index in [0.717, 1.165) is 5.56 Å². The molecule has 0 saturated carbocycles. The number of carboxylic acid groups (broad SMARTS) is 1. The zero-order valence-corrected chi connectivity index (χ0v) is 15.5. The van der Waals surface area contributed by atoms with Crippen molar-refractivity contribution in [2.45, 2.75) is 5.92 Å². The molecular weight excluding hydrogens is 365 g/mol. The second-order valence-electron chi connectivity index (χ2n) is 6.08. The van der Waals surface area contributed by atoms with Crippen molar-refractivity contribution in [3.8, 4) is 0 Å². The van der Waals surface area contributed by atoms with Crippen LogP contribution in [-0.4, -0.2) is 34.3 Å². The van der Waals surface area contributed by atoms with Gasteiger partial charge in [0.2, 0.25) is 7.37 Å². The summed E-state index contributed by atoms with van der Waals surface area (Å²) in [5.41, 5.74) is 6.99. The molecule has 8 heteroatoms. The molecule has 0 spiro atoms. The number of carboxylic acids is 1. The van der Waals surface area contributed by atoms with Crippen molar-refractivity contribution in [2.24, 2.45) is 5.73 Å². The van der Waals surface area contributed by atoms with Gasteiger partial charge < -0.3 is 21.1 Å². The zero-order valence-electron chi connectivity index (χ0n) is 14.6. The maximum absolute atomic E-state index is 12.5. The van der Waals surface area contributed by atoms with Crippen LogP contribution in [0.5, 0.6) is 0 Å². The number of aliphatic carboxylic acids is 1. The molecule has 2 aromatic carbocycles. The van der Waals surface area contributed by atoms with Gasteiger partial charge in [0, 0.05) is 18.0 Å². The molecule has 2 atom stereocenters. The molecule has 0 radical (unpaired) electrons. The summed E-state index contributed by atoms with van der Waals surface area (Å²) in [4.78, 5) is 21.9. The quantitative estimate of drug-likeness (QED) is 0.268. The highest BCUT2D eigenvalue weighted by Gasteiger charge is 2.29. The monoisotopic (exact) mass is 387 g/mol. The fraction of sp³-hybridized carbons (Fsp3) is 0.158. The Morgan fingerprint density at radius 3 is 2.56 bits per heavy atom. The Bertz CT molecular complexity index is 884. The Labute approximate surface area is 157 Å². The van der Waals surface area contributed by atoms with Gasteiger partial charge in [-0.3, -0.25) is 14.8 Å². The van der Waals surface area contributed by atoms with E-state index < -0.39 is 19.3 Å². The van der Waals surface area contributed by atoms with E-state index in [1.165, 1.54) is 6.07 Å². The van der Waals surface area contributed by atoms with Gasteiger partial charge >= 0.3 is 5.97 Å². The van der Waals surface area contributed by atoms with Crippen LogP contribution in [0.25, 0.3) is 6.08 Å². The van der Waals surface area contributed by atoms with Crippen LogP contribution in [0.4, 0.5) is 5.69 Å². The van der Waals surface area contributed by atoms with Crippen LogP contribution in [0.1, 0.15) is 17.0 Å². The lowest BCUT2D eigenvalue weighted by Crippen LogP contribution is -2.21. The van der Waals surface area contributed by atoms with Crippen molar-refractivity contribution >= 4 is 31.1 Å². The summed E-state index contributed by atoms with van der Waals surface area (Å²) in [5.74, 6) is -2.60. The lowest BCUT2D eigenvalue weighted by Gasteiger charge is -2.17. The molecule has 0 fully saturated rings. The number of anilines is 1. The van der Waals surface area contributed by atoms with Crippen LogP contribution in [0.2, 0.25) is 0 Å². The predicted molar refractivity (Wildman–Crippen MR) is 107 cm³/mol. The Morgan fingerprint density at radius 1 is 1.22 bits per heavy atom. The molecule has 0 aliphatic rings. The molecule has 0 saturated heterocycles. The topological polar surface area (TPSA) is 136 Å². The van der Waals surface area contributed by atoms with E-state index in [-0.39, 0.29) is 18.3 Å². The third-order valence-electron chi connectivity index (χ3n) is 3.83. The van der Waals surface area contributed by atoms with Gasteiger partial charge in [-0.25, -0.2) is 0 Å². The smallest absolute Gasteiger partial charge is 0.311 e. The summed E-state index contributed by atoms with van der Waals surface area (Å²) in [7, 11) is -3.70. The van der Waals surface area contributed by atoms with Gasteiger partial charge in [-0.15, -0.1) is 0 Å². The van der Waals surface area contributed by atoms with Crippen LogP contribution < -0.4 is 11.1 Å². The van der Waals surface area contributed by atoms with Crippen molar-refractivity contribution in [3.63, 3.8) is 0 Å². The molecule has 0 aromatic heterocycles.